The number of amides is 1. The fraction of sp³-hybridized carbons (Fsp3) is 0.261. The Kier molecular flexibility index (Phi) is 5.58. The molecule has 11 heteroatoms. The van der Waals surface area contributed by atoms with Gasteiger partial charge in [0.15, 0.2) is 6.61 Å². The van der Waals surface area contributed by atoms with Crippen LogP contribution in [0.1, 0.15) is 47.2 Å². The number of esters is 1. The van der Waals surface area contributed by atoms with Crippen molar-refractivity contribution >= 4 is 23.7 Å². The van der Waals surface area contributed by atoms with Gasteiger partial charge in [0.05, 0.1) is 18.2 Å². The van der Waals surface area contributed by atoms with Gasteiger partial charge < -0.3 is 18.6 Å². The average molecular weight is 464 g/mol. The SMILES string of the molecule is O=C(OCC(=O)N1N=C2C(=Cc3ccco3)CCCC2C1c1ccco1)c1c[nH]c(=O)[nH]c1=O. The zero-order chi connectivity index (χ0) is 23.7. The van der Waals surface area contributed by atoms with E-state index in [0.29, 0.717) is 11.5 Å². The summed E-state index contributed by atoms with van der Waals surface area (Å²) in [7, 11) is 0. The first-order chi connectivity index (χ1) is 16.5. The minimum Gasteiger partial charge on any atom is -0.467 e. The van der Waals surface area contributed by atoms with E-state index in [9.17, 15) is 19.2 Å². The van der Waals surface area contributed by atoms with Crippen LogP contribution < -0.4 is 11.2 Å². The molecule has 5 rings (SSSR count). The summed E-state index contributed by atoms with van der Waals surface area (Å²) < 4.78 is 16.1. The van der Waals surface area contributed by atoms with Crippen LogP contribution in [0, 0.1) is 5.92 Å². The van der Waals surface area contributed by atoms with Crippen molar-refractivity contribution in [3.63, 3.8) is 0 Å². The molecule has 2 unspecified atom stereocenters. The van der Waals surface area contributed by atoms with Crippen molar-refractivity contribution in [3.8, 4) is 0 Å². The normalized spacial score (nSPS) is 20.8. The summed E-state index contributed by atoms with van der Waals surface area (Å²) in [4.78, 5) is 52.5. The molecule has 0 bridgehead atoms. The van der Waals surface area contributed by atoms with Gasteiger partial charge in [-0.15, -0.1) is 0 Å². The van der Waals surface area contributed by atoms with Crippen molar-refractivity contribution in [2.24, 2.45) is 11.0 Å². The van der Waals surface area contributed by atoms with E-state index < -0.39 is 41.3 Å². The third kappa shape index (κ3) is 4.03. The highest BCUT2D eigenvalue weighted by Gasteiger charge is 2.45. The van der Waals surface area contributed by atoms with Crippen LogP contribution in [-0.4, -0.2) is 39.2 Å². The van der Waals surface area contributed by atoms with Crippen molar-refractivity contribution in [1.82, 2.24) is 15.0 Å². The van der Waals surface area contributed by atoms with Crippen LogP contribution in [0.25, 0.3) is 6.08 Å². The predicted octanol–water partition coefficient (Wildman–Crippen LogP) is 2.23. The topological polar surface area (TPSA) is 151 Å². The molecule has 2 N–H and O–H groups in total. The van der Waals surface area contributed by atoms with E-state index in [-0.39, 0.29) is 5.92 Å². The van der Waals surface area contributed by atoms with Crippen molar-refractivity contribution < 1.29 is 23.2 Å². The van der Waals surface area contributed by atoms with E-state index in [0.717, 1.165) is 36.7 Å². The Labute approximate surface area is 191 Å². The highest BCUT2D eigenvalue weighted by atomic mass is 16.5. The summed E-state index contributed by atoms with van der Waals surface area (Å²) in [5, 5.41) is 5.90. The highest BCUT2D eigenvalue weighted by Crippen LogP contribution is 2.44. The Bertz CT molecular complexity index is 1380. The lowest BCUT2D eigenvalue weighted by atomic mass is 9.79. The summed E-state index contributed by atoms with van der Waals surface area (Å²) in [5.74, 6) is -0.446. The van der Waals surface area contributed by atoms with E-state index in [2.05, 4.69) is 10.1 Å². The number of carbonyl (C=O) groups is 2. The summed E-state index contributed by atoms with van der Waals surface area (Å²) in [6.45, 7) is -0.644. The number of rotatable bonds is 5. The summed E-state index contributed by atoms with van der Waals surface area (Å²) in [6.07, 6.45) is 8.46. The Morgan fingerprint density at radius 1 is 1.21 bits per heavy atom. The van der Waals surface area contributed by atoms with Gasteiger partial charge in [0.25, 0.3) is 11.5 Å². The number of aromatic amines is 2. The molecule has 0 aromatic carbocycles. The average Bonchev–Trinajstić information content (AvgIpc) is 3.58. The van der Waals surface area contributed by atoms with Gasteiger partial charge in [-0.25, -0.2) is 14.6 Å². The third-order valence-electron chi connectivity index (χ3n) is 5.82. The van der Waals surface area contributed by atoms with E-state index in [4.69, 9.17) is 13.6 Å². The Hall–Kier alpha value is -4.41. The first-order valence-electron chi connectivity index (χ1n) is 10.7. The van der Waals surface area contributed by atoms with Crippen LogP contribution >= 0.6 is 0 Å². The van der Waals surface area contributed by atoms with Crippen LogP contribution in [0.5, 0.6) is 0 Å². The maximum absolute atomic E-state index is 13.1. The number of allylic oxidation sites excluding steroid dienone is 1. The minimum atomic E-state index is -1.04. The second kappa shape index (κ2) is 8.85. The number of hydrogen-bond acceptors (Lipinski definition) is 8. The quantitative estimate of drug-likeness (QED) is 0.550. The van der Waals surface area contributed by atoms with E-state index in [1.165, 1.54) is 11.3 Å². The standard InChI is InChI=1S/C23H20N4O7/c28-18(12-34-22(30)16-11-24-23(31)25-21(16)29)27-20(17-7-3-9-33-17)15-6-1-4-13(19(15)26-27)10-14-5-2-8-32-14/h2-3,5,7-11,15,20H,1,4,6,12H2,(H2,24,25,29,31). The molecule has 1 saturated carbocycles. The molecule has 0 saturated heterocycles. The number of ether oxygens (including phenoxy) is 1. The fourth-order valence-electron chi connectivity index (χ4n) is 4.32. The van der Waals surface area contributed by atoms with Gasteiger partial charge in [-0.1, -0.05) is 0 Å². The van der Waals surface area contributed by atoms with Gasteiger partial charge in [0.1, 0.15) is 23.1 Å². The van der Waals surface area contributed by atoms with E-state index >= 15 is 0 Å². The van der Waals surface area contributed by atoms with E-state index in [1.807, 2.05) is 17.1 Å². The molecule has 0 spiro atoms. The molecule has 2 atom stereocenters. The van der Waals surface area contributed by atoms with Crippen molar-refractivity contribution in [1.29, 1.82) is 0 Å². The van der Waals surface area contributed by atoms with Crippen LogP contribution in [0.4, 0.5) is 0 Å². The number of furan rings is 2. The van der Waals surface area contributed by atoms with Gasteiger partial charge in [-0.05, 0) is 55.2 Å². The molecule has 4 heterocycles. The second-order valence-electron chi connectivity index (χ2n) is 7.93. The van der Waals surface area contributed by atoms with Crippen LogP contribution in [0.3, 0.4) is 0 Å². The van der Waals surface area contributed by atoms with Crippen molar-refractivity contribution in [2.75, 3.05) is 6.61 Å². The Morgan fingerprint density at radius 2 is 2.03 bits per heavy atom. The molecule has 1 amide bonds. The zero-order valence-corrected chi connectivity index (χ0v) is 17.9. The Morgan fingerprint density at radius 3 is 2.76 bits per heavy atom. The first kappa shape index (κ1) is 21.4. The van der Waals surface area contributed by atoms with Gasteiger partial charge in [0.2, 0.25) is 0 Å². The van der Waals surface area contributed by atoms with Gasteiger partial charge in [0, 0.05) is 12.1 Å². The van der Waals surface area contributed by atoms with Crippen LogP contribution in [0.15, 0.2) is 72.1 Å². The molecule has 1 aliphatic carbocycles. The molecule has 174 valence electrons. The van der Waals surface area contributed by atoms with E-state index in [1.54, 1.807) is 24.5 Å². The lowest BCUT2D eigenvalue weighted by Gasteiger charge is -2.27. The number of nitrogens with one attached hydrogen (secondary N) is 2. The van der Waals surface area contributed by atoms with Crippen LogP contribution in [0.2, 0.25) is 0 Å². The number of fused-ring (bicyclic) bond motifs is 1. The first-order valence-corrected chi connectivity index (χ1v) is 10.7. The van der Waals surface area contributed by atoms with Crippen molar-refractivity contribution in [3.05, 3.63) is 86.5 Å². The predicted molar refractivity (Wildman–Crippen MR) is 118 cm³/mol. The lowest BCUT2D eigenvalue weighted by molar-refractivity contribution is -0.137. The monoisotopic (exact) mass is 464 g/mol. The number of hydrogen-bond donors (Lipinski definition) is 2. The minimum absolute atomic E-state index is 0.0946. The number of H-pyrrole nitrogens is 2. The number of nitrogens with zero attached hydrogens (tertiary/aromatic N) is 2. The summed E-state index contributed by atoms with van der Waals surface area (Å²) in [6, 6.07) is 6.66. The van der Waals surface area contributed by atoms with Crippen LogP contribution in [-0.2, 0) is 9.53 Å². The second-order valence-corrected chi connectivity index (χ2v) is 7.93. The Balaban J connectivity index is 1.40. The molecule has 0 radical (unpaired) electrons. The largest absolute Gasteiger partial charge is 0.467 e. The maximum atomic E-state index is 13.1. The molecule has 1 aliphatic heterocycles. The van der Waals surface area contributed by atoms with Gasteiger partial charge >= 0.3 is 11.7 Å². The molecule has 1 fully saturated rings. The number of aromatic nitrogens is 2. The third-order valence-corrected chi connectivity index (χ3v) is 5.82. The summed E-state index contributed by atoms with van der Waals surface area (Å²) in [5.41, 5.74) is -0.349. The smallest absolute Gasteiger partial charge is 0.345 e. The molecule has 11 nitrogen and oxygen atoms in total. The molecular formula is C23H20N4O7. The zero-order valence-electron chi connectivity index (χ0n) is 17.9. The molecular weight excluding hydrogens is 444 g/mol. The summed E-state index contributed by atoms with van der Waals surface area (Å²) >= 11 is 0. The molecule has 3 aromatic rings. The lowest BCUT2D eigenvalue weighted by Crippen LogP contribution is -2.35. The van der Waals surface area contributed by atoms with Gasteiger partial charge in [-0.2, -0.15) is 5.10 Å². The molecule has 34 heavy (non-hydrogen) atoms. The van der Waals surface area contributed by atoms with Gasteiger partial charge in [-0.3, -0.25) is 14.6 Å². The fourth-order valence-corrected chi connectivity index (χ4v) is 4.32. The van der Waals surface area contributed by atoms with Crippen molar-refractivity contribution in [2.45, 2.75) is 25.3 Å². The number of hydrazone groups is 1. The maximum Gasteiger partial charge on any atom is 0.345 e. The highest BCUT2D eigenvalue weighted by molar-refractivity contribution is 6.08. The molecule has 3 aromatic heterocycles. The number of carbonyl (C=O) groups excluding carboxylic acids is 2. The molecule has 2 aliphatic rings.